The maximum absolute atomic E-state index is 6.46. The fourth-order valence-corrected chi connectivity index (χ4v) is 3.32. The van der Waals surface area contributed by atoms with Crippen LogP contribution in [0.3, 0.4) is 0 Å². The molecule has 1 unspecified atom stereocenters. The van der Waals surface area contributed by atoms with E-state index in [9.17, 15) is 0 Å². The molecule has 1 aliphatic rings. The number of benzene rings is 2. The van der Waals surface area contributed by atoms with E-state index in [0.717, 1.165) is 27.8 Å². The van der Waals surface area contributed by atoms with Crippen molar-refractivity contribution in [2.75, 3.05) is 13.7 Å². The van der Waals surface area contributed by atoms with Gasteiger partial charge in [0.1, 0.15) is 11.5 Å². The van der Waals surface area contributed by atoms with E-state index in [1.54, 1.807) is 13.2 Å². The summed E-state index contributed by atoms with van der Waals surface area (Å²) in [7, 11) is 1.61. The summed E-state index contributed by atoms with van der Waals surface area (Å²) in [5.41, 5.74) is 9.49. The minimum absolute atomic E-state index is 0.332. The SMILES string of the molecule is COc1cc(Cl)ccc1C(N)c1cc(Br)cc2c1OCC2. The van der Waals surface area contributed by atoms with Gasteiger partial charge in [-0.05, 0) is 29.8 Å². The Morgan fingerprint density at radius 3 is 2.86 bits per heavy atom. The zero-order valence-corrected chi connectivity index (χ0v) is 13.9. The Balaban J connectivity index is 2.09. The van der Waals surface area contributed by atoms with Crippen LogP contribution in [-0.4, -0.2) is 13.7 Å². The number of rotatable bonds is 3. The van der Waals surface area contributed by atoms with Crippen LogP contribution in [-0.2, 0) is 6.42 Å². The van der Waals surface area contributed by atoms with Crippen molar-refractivity contribution in [2.24, 2.45) is 5.73 Å². The van der Waals surface area contributed by atoms with Crippen LogP contribution < -0.4 is 15.2 Å². The second kappa shape index (κ2) is 5.87. The maximum atomic E-state index is 6.46. The van der Waals surface area contributed by atoms with Crippen molar-refractivity contribution in [1.82, 2.24) is 0 Å². The molecule has 0 radical (unpaired) electrons. The van der Waals surface area contributed by atoms with Crippen LogP contribution in [0, 0.1) is 0 Å². The van der Waals surface area contributed by atoms with E-state index in [-0.39, 0.29) is 6.04 Å². The first-order valence-electron chi connectivity index (χ1n) is 6.64. The molecular weight excluding hydrogens is 354 g/mol. The third kappa shape index (κ3) is 2.76. The van der Waals surface area contributed by atoms with Crippen molar-refractivity contribution in [1.29, 1.82) is 0 Å². The number of halogens is 2. The van der Waals surface area contributed by atoms with E-state index < -0.39 is 0 Å². The molecule has 0 aromatic heterocycles. The molecule has 0 fully saturated rings. The molecule has 1 aliphatic heterocycles. The van der Waals surface area contributed by atoms with E-state index >= 15 is 0 Å². The first-order chi connectivity index (χ1) is 10.1. The number of ether oxygens (including phenoxy) is 2. The Hall–Kier alpha value is -1.23. The molecule has 0 aliphatic carbocycles. The molecule has 0 saturated heterocycles. The molecule has 1 atom stereocenters. The molecule has 3 rings (SSSR count). The minimum atomic E-state index is -0.332. The quantitative estimate of drug-likeness (QED) is 0.887. The summed E-state index contributed by atoms with van der Waals surface area (Å²) in [6.07, 6.45) is 0.909. The summed E-state index contributed by atoms with van der Waals surface area (Å²) in [4.78, 5) is 0. The van der Waals surface area contributed by atoms with Crippen molar-refractivity contribution in [3.8, 4) is 11.5 Å². The Labute approximate surface area is 137 Å². The summed E-state index contributed by atoms with van der Waals surface area (Å²) < 4.78 is 12.2. The standard InChI is InChI=1S/C16H15BrClNO2/c1-20-14-8-11(18)2-3-12(14)15(19)13-7-10(17)6-9-4-5-21-16(9)13/h2-3,6-8,15H,4-5,19H2,1H3. The lowest BCUT2D eigenvalue weighted by molar-refractivity contribution is 0.352. The van der Waals surface area contributed by atoms with Gasteiger partial charge in [-0.2, -0.15) is 0 Å². The highest BCUT2D eigenvalue weighted by Crippen LogP contribution is 2.40. The monoisotopic (exact) mass is 367 g/mol. The molecule has 3 nitrogen and oxygen atoms in total. The number of methoxy groups -OCH3 is 1. The summed E-state index contributed by atoms with van der Waals surface area (Å²) in [5, 5.41) is 0.624. The lowest BCUT2D eigenvalue weighted by atomic mass is 9.96. The molecule has 2 aromatic carbocycles. The Morgan fingerprint density at radius 1 is 1.29 bits per heavy atom. The number of fused-ring (bicyclic) bond motifs is 1. The molecule has 0 saturated carbocycles. The highest BCUT2D eigenvalue weighted by atomic mass is 79.9. The van der Waals surface area contributed by atoms with Gasteiger partial charge in [-0.25, -0.2) is 0 Å². The summed E-state index contributed by atoms with van der Waals surface area (Å²) in [6.45, 7) is 0.698. The second-order valence-electron chi connectivity index (χ2n) is 4.95. The van der Waals surface area contributed by atoms with Gasteiger partial charge < -0.3 is 15.2 Å². The van der Waals surface area contributed by atoms with Crippen LogP contribution in [0.15, 0.2) is 34.8 Å². The van der Waals surface area contributed by atoms with Gasteiger partial charge >= 0.3 is 0 Å². The average molecular weight is 369 g/mol. The Kier molecular flexibility index (Phi) is 4.11. The summed E-state index contributed by atoms with van der Waals surface area (Å²) in [6, 6.07) is 9.24. The van der Waals surface area contributed by atoms with Crippen LogP contribution in [0.25, 0.3) is 0 Å². The predicted molar refractivity (Wildman–Crippen MR) is 87.4 cm³/mol. The zero-order valence-electron chi connectivity index (χ0n) is 11.5. The van der Waals surface area contributed by atoms with Gasteiger partial charge in [-0.3, -0.25) is 0 Å². The lowest BCUT2D eigenvalue weighted by Gasteiger charge is -2.19. The fourth-order valence-electron chi connectivity index (χ4n) is 2.64. The number of nitrogens with two attached hydrogens (primary N) is 1. The third-order valence-corrected chi connectivity index (χ3v) is 4.34. The number of hydrogen-bond acceptors (Lipinski definition) is 3. The third-order valence-electron chi connectivity index (χ3n) is 3.64. The van der Waals surface area contributed by atoms with E-state index in [1.807, 2.05) is 18.2 Å². The molecule has 5 heteroatoms. The molecule has 0 bridgehead atoms. The van der Waals surface area contributed by atoms with Crippen molar-refractivity contribution in [2.45, 2.75) is 12.5 Å². The van der Waals surface area contributed by atoms with E-state index in [1.165, 1.54) is 5.56 Å². The normalized spacial score (nSPS) is 14.5. The highest BCUT2D eigenvalue weighted by molar-refractivity contribution is 9.10. The molecule has 0 spiro atoms. The average Bonchev–Trinajstić information content (AvgIpc) is 2.93. The van der Waals surface area contributed by atoms with Gasteiger partial charge in [0.15, 0.2) is 0 Å². The molecular formula is C16H15BrClNO2. The smallest absolute Gasteiger partial charge is 0.127 e. The first-order valence-corrected chi connectivity index (χ1v) is 7.81. The Bertz CT molecular complexity index is 690. The van der Waals surface area contributed by atoms with Crippen LogP contribution in [0.1, 0.15) is 22.7 Å². The molecule has 0 amide bonds. The lowest BCUT2D eigenvalue weighted by Crippen LogP contribution is -2.14. The van der Waals surface area contributed by atoms with Gasteiger partial charge in [-0.1, -0.05) is 33.6 Å². The Morgan fingerprint density at radius 2 is 2.10 bits per heavy atom. The number of hydrogen-bond donors (Lipinski definition) is 1. The van der Waals surface area contributed by atoms with Gasteiger partial charge in [0.2, 0.25) is 0 Å². The highest BCUT2D eigenvalue weighted by Gasteiger charge is 2.24. The van der Waals surface area contributed by atoms with E-state index in [2.05, 4.69) is 22.0 Å². The first kappa shape index (κ1) is 14.7. The van der Waals surface area contributed by atoms with E-state index in [0.29, 0.717) is 17.4 Å². The molecule has 110 valence electrons. The summed E-state index contributed by atoms with van der Waals surface area (Å²) >= 11 is 9.55. The van der Waals surface area contributed by atoms with Crippen molar-refractivity contribution in [3.05, 3.63) is 56.5 Å². The van der Waals surface area contributed by atoms with Crippen LogP contribution >= 0.6 is 27.5 Å². The second-order valence-corrected chi connectivity index (χ2v) is 6.30. The topological polar surface area (TPSA) is 44.5 Å². The fraction of sp³-hybridized carbons (Fsp3) is 0.250. The van der Waals surface area contributed by atoms with Crippen LogP contribution in [0.2, 0.25) is 5.02 Å². The molecule has 2 aromatic rings. The van der Waals surface area contributed by atoms with Crippen LogP contribution in [0.5, 0.6) is 11.5 Å². The maximum Gasteiger partial charge on any atom is 0.127 e. The predicted octanol–water partition coefficient (Wildman–Crippen LogP) is 4.09. The van der Waals surface area contributed by atoms with Gasteiger partial charge in [0.25, 0.3) is 0 Å². The minimum Gasteiger partial charge on any atom is -0.496 e. The molecule has 2 N–H and O–H groups in total. The summed E-state index contributed by atoms with van der Waals surface area (Å²) in [5.74, 6) is 1.57. The largest absolute Gasteiger partial charge is 0.496 e. The van der Waals surface area contributed by atoms with E-state index in [4.69, 9.17) is 26.8 Å². The van der Waals surface area contributed by atoms with Gasteiger partial charge in [0, 0.05) is 27.0 Å². The van der Waals surface area contributed by atoms with Crippen molar-refractivity contribution < 1.29 is 9.47 Å². The van der Waals surface area contributed by atoms with Crippen molar-refractivity contribution in [3.63, 3.8) is 0 Å². The van der Waals surface area contributed by atoms with Crippen LogP contribution in [0.4, 0.5) is 0 Å². The molecule has 1 heterocycles. The zero-order chi connectivity index (χ0) is 15.0. The molecule has 21 heavy (non-hydrogen) atoms. The van der Waals surface area contributed by atoms with Gasteiger partial charge in [0.05, 0.1) is 19.8 Å². The van der Waals surface area contributed by atoms with Crippen molar-refractivity contribution >= 4 is 27.5 Å². The van der Waals surface area contributed by atoms with Gasteiger partial charge in [-0.15, -0.1) is 0 Å².